The summed E-state index contributed by atoms with van der Waals surface area (Å²) in [4.78, 5) is 50.2. The predicted molar refractivity (Wildman–Crippen MR) is 213 cm³/mol. The summed E-state index contributed by atoms with van der Waals surface area (Å²) in [5, 5.41) is 0. The maximum Gasteiger partial charge on any atom is 0.163 e. The van der Waals surface area contributed by atoms with Crippen LogP contribution in [0.4, 0.5) is 4.39 Å². The van der Waals surface area contributed by atoms with Crippen molar-refractivity contribution in [2.75, 3.05) is 0 Å². The minimum Gasteiger partial charge on any atom is -0.299 e. The van der Waals surface area contributed by atoms with E-state index in [-0.39, 0.29) is 41.8 Å². The summed E-state index contributed by atoms with van der Waals surface area (Å²) in [7, 11) is 0. The van der Waals surface area contributed by atoms with Crippen LogP contribution in [0.3, 0.4) is 0 Å². The molecule has 0 fully saturated rings. The Balaban J connectivity index is 0.000000208. The molecule has 6 rings (SSSR count). The van der Waals surface area contributed by atoms with E-state index in [0.29, 0.717) is 43.2 Å². The Kier molecular flexibility index (Phi) is 15.1. The summed E-state index contributed by atoms with van der Waals surface area (Å²) in [6.45, 7) is 0. The molecular weight excluding hydrogens is 672 g/mol. The Morgan fingerprint density at radius 3 is 1.17 bits per heavy atom. The van der Waals surface area contributed by atoms with Gasteiger partial charge in [-0.25, -0.2) is 4.39 Å². The van der Waals surface area contributed by atoms with Crippen LogP contribution in [-0.2, 0) is 48.1 Å². The molecule has 54 heavy (non-hydrogen) atoms. The molecule has 4 nitrogen and oxygen atoms in total. The molecule has 0 heterocycles. The maximum atomic E-state index is 13.0. The minimum atomic E-state index is -0.319. The molecule has 0 atom stereocenters. The van der Waals surface area contributed by atoms with Crippen LogP contribution in [0.15, 0.2) is 164 Å². The molecule has 0 amide bonds. The van der Waals surface area contributed by atoms with Crippen molar-refractivity contribution in [3.63, 3.8) is 0 Å². The number of hydrogen-bond acceptors (Lipinski definition) is 4. The highest BCUT2D eigenvalue weighted by atomic mass is 19.1. The average molecular weight is 717 g/mol. The van der Waals surface area contributed by atoms with Crippen molar-refractivity contribution < 1.29 is 23.6 Å². The summed E-state index contributed by atoms with van der Waals surface area (Å²) in [5.74, 6) is 0.00184. The Bertz CT molecular complexity index is 2110. The highest BCUT2D eigenvalue weighted by Crippen LogP contribution is 2.18. The van der Waals surface area contributed by atoms with Gasteiger partial charge in [0.25, 0.3) is 0 Å². The van der Waals surface area contributed by atoms with Gasteiger partial charge in [0.15, 0.2) is 11.6 Å². The topological polar surface area (TPSA) is 68.3 Å². The first-order chi connectivity index (χ1) is 26.3. The first-order valence-corrected chi connectivity index (χ1v) is 18.5. The summed E-state index contributed by atoms with van der Waals surface area (Å²) in [6, 6.07) is 50.6. The molecule has 0 saturated carbocycles. The molecule has 6 aromatic carbocycles. The second kappa shape index (κ2) is 20.8. The van der Waals surface area contributed by atoms with E-state index in [1.54, 1.807) is 18.2 Å². The van der Waals surface area contributed by atoms with Crippen LogP contribution in [0.1, 0.15) is 73.4 Å². The van der Waals surface area contributed by atoms with Crippen molar-refractivity contribution >= 4 is 23.1 Å². The molecule has 6 aromatic rings. The lowest BCUT2D eigenvalue weighted by atomic mass is 9.94. The number of carbonyl (C=O) groups is 4. The molecule has 0 radical (unpaired) electrons. The van der Waals surface area contributed by atoms with Gasteiger partial charge in [0.1, 0.15) is 17.4 Å². The fourth-order valence-corrected chi connectivity index (χ4v) is 6.30. The average Bonchev–Trinajstić information content (AvgIpc) is 3.21. The third-order valence-corrected chi connectivity index (χ3v) is 9.23. The van der Waals surface area contributed by atoms with E-state index in [1.807, 2.05) is 133 Å². The van der Waals surface area contributed by atoms with Crippen molar-refractivity contribution in [1.29, 1.82) is 0 Å². The van der Waals surface area contributed by atoms with Gasteiger partial charge in [0.2, 0.25) is 0 Å². The van der Waals surface area contributed by atoms with Crippen LogP contribution in [0.25, 0.3) is 0 Å². The lowest BCUT2D eigenvalue weighted by Gasteiger charge is -2.09. The fraction of sp³-hybridized carbons (Fsp3) is 0.184. The van der Waals surface area contributed by atoms with Gasteiger partial charge in [0, 0.05) is 49.7 Å². The fourth-order valence-electron chi connectivity index (χ4n) is 6.30. The number of hydrogen-bond donors (Lipinski definition) is 0. The highest BCUT2D eigenvalue weighted by Gasteiger charge is 2.16. The van der Waals surface area contributed by atoms with Gasteiger partial charge in [-0.15, -0.1) is 0 Å². The number of carbonyl (C=O) groups excluding carboxylic acids is 4. The Hall–Kier alpha value is -6.07. The number of rotatable bonds is 17. The molecule has 0 bridgehead atoms. The van der Waals surface area contributed by atoms with Crippen LogP contribution in [-0.4, -0.2) is 23.1 Å². The zero-order valence-electron chi connectivity index (χ0n) is 30.5. The number of ketones is 4. The van der Waals surface area contributed by atoms with Gasteiger partial charge >= 0.3 is 0 Å². The monoisotopic (exact) mass is 716 g/mol. The normalized spacial score (nSPS) is 10.5. The first kappa shape index (κ1) is 39.1. The molecule has 0 spiro atoms. The summed E-state index contributed by atoms with van der Waals surface area (Å²) in [6.07, 6.45) is 4.25. The quantitative estimate of drug-likeness (QED) is 0.0882. The van der Waals surface area contributed by atoms with Gasteiger partial charge in [-0.05, 0) is 64.8 Å². The molecule has 0 aliphatic carbocycles. The van der Waals surface area contributed by atoms with Gasteiger partial charge in [-0.2, -0.15) is 0 Å². The zero-order chi connectivity index (χ0) is 38.0. The van der Waals surface area contributed by atoms with Crippen LogP contribution in [0, 0.1) is 5.82 Å². The van der Waals surface area contributed by atoms with Crippen molar-refractivity contribution in [2.45, 2.75) is 57.8 Å². The number of aryl methyl sites for hydroxylation is 3. The Morgan fingerprint density at radius 2 is 0.722 bits per heavy atom. The number of Topliss-reactive ketones (excluding diaryl/α,β-unsaturated/α-hetero) is 4. The summed E-state index contributed by atoms with van der Waals surface area (Å²) < 4.78 is 13.0. The van der Waals surface area contributed by atoms with Crippen LogP contribution >= 0.6 is 0 Å². The third-order valence-electron chi connectivity index (χ3n) is 9.23. The first-order valence-electron chi connectivity index (χ1n) is 18.5. The smallest absolute Gasteiger partial charge is 0.163 e. The Labute approximate surface area is 317 Å². The summed E-state index contributed by atoms with van der Waals surface area (Å²) in [5.41, 5.74) is 7.10. The zero-order valence-corrected chi connectivity index (χ0v) is 30.5. The van der Waals surface area contributed by atoms with E-state index in [0.717, 1.165) is 46.2 Å². The molecular formula is C49H45FO4. The Morgan fingerprint density at radius 1 is 0.352 bits per heavy atom. The lowest BCUT2D eigenvalue weighted by Crippen LogP contribution is -2.11. The van der Waals surface area contributed by atoms with Crippen molar-refractivity contribution in [3.05, 3.63) is 214 Å². The van der Waals surface area contributed by atoms with E-state index < -0.39 is 0 Å². The molecule has 0 unspecified atom stereocenters. The van der Waals surface area contributed by atoms with Gasteiger partial charge in [0.05, 0.1) is 0 Å². The number of benzene rings is 6. The SMILES string of the molecule is O=C(CCc1ccccc1)Cc1ccccc1C(=O)CCc1ccccc1.O=C(Cc1ccc(F)cc1)Cc1ccccc1C(=O)CCc1ccccc1. The summed E-state index contributed by atoms with van der Waals surface area (Å²) >= 11 is 0. The second-order valence-electron chi connectivity index (χ2n) is 13.4. The molecule has 0 aromatic heterocycles. The minimum absolute atomic E-state index is 0.00455. The highest BCUT2D eigenvalue weighted by molar-refractivity contribution is 5.99. The van der Waals surface area contributed by atoms with Crippen LogP contribution in [0.5, 0.6) is 0 Å². The molecule has 0 aliphatic rings. The van der Waals surface area contributed by atoms with Gasteiger partial charge in [-0.1, -0.05) is 152 Å². The van der Waals surface area contributed by atoms with Crippen molar-refractivity contribution in [3.8, 4) is 0 Å². The number of halogens is 1. The molecule has 272 valence electrons. The van der Waals surface area contributed by atoms with Gasteiger partial charge < -0.3 is 0 Å². The van der Waals surface area contributed by atoms with E-state index in [4.69, 9.17) is 0 Å². The van der Waals surface area contributed by atoms with Crippen molar-refractivity contribution in [1.82, 2.24) is 0 Å². The van der Waals surface area contributed by atoms with Crippen molar-refractivity contribution in [2.24, 2.45) is 0 Å². The van der Waals surface area contributed by atoms with E-state index in [9.17, 15) is 23.6 Å². The van der Waals surface area contributed by atoms with E-state index in [2.05, 4.69) is 0 Å². The van der Waals surface area contributed by atoms with Crippen LogP contribution in [0.2, 0.25) is 0 Å². The lowest BCUT2D eigenvalue weighted by molar-refractivity contribution is -0.119. The molecule has 0 aliphatic heterocycles. The maximum absolute atomic E-state index is 13.0. The van der Waals surface area contributed by atoms with Crippen LogP contribution < -0.4 is 0 Å². The second-order valence-corrected chi connectivity index (χ2v) is 13.4. The molecule has 5 heteroatoms. The van der Waals surface area contributed by atoms with E-state index in [1.165, 1.54) is 12.1 Å². The third kappa shape index (κ3) is 12.9. The predicted octanol–water partition coefficient (Wildman–Crippen LogP) is 10.2. The largest absolute Gasteiger partial charge is 0.299 e. The van der Waals surface area contributed by atoms with Gasteiger partial charge in [-0.3, -0.25) is 19.2 Å². The molecule has 0 N–H and O–H groups in total. The standard InChI is InChI=1S/C25H24O2.C24H21FO2/c26-23(17-15-20-9-3-1-4-10-20)19-22-13-7-8-14-24(22)25(27)18-16-21-11-5-2-6-12-21;25-21-13-10-19(11-14-21)16-22(26)17-20-8-4-5-9-23(20)24(27)15-12-18-6-2-1-3-7-18/h1-14H,15-19H2;1-11,13-14H,12,15-17H2. The van der Waals surface area contributed by atoms with E-state index >= 15 is 0 Å². The molecule has 0 saturated heterocycles.